The van der Waals surface area contributed by atoms with Gasteiger partial charge in [0.05, 0.1) is 0 Å². The Morgan fingerprint density at radius 3 is 2.56 bits per heavy atom. The molecule has 1 unspecified atom stereocenters. The Labute approximate surface area is 99.3 Å². The summed E-state index contributed by atoms with van der Waals surface area (Å²) in [6, 6.07) is 9.74. The fraction of sp³-hybridized carbons (Fsp3) is 0.600. The Morgan fingerprint density at radius 1 is 1.06 bits per heavy atom. The lowest BCUT2D eigenvalue weighted by molar-refractivity contribution is 0.427. The van der Waals surface area contributed by atoms with E-state index in [1.807, 2.05) is 0 Å². The molecule has 1 heteroatoms. The molecule has 0 amide bonds. The smallest absolute Gasteiger partial charge is 0.0320 e. The zero-order valence-corrected chi connectivity index (χ0v) is 10.3. The highest BCUT2D eigenvalue weighted by molar-refractivity contribution is 5.25. The topological polar surface area (TPSA) is 12.0 Å². The highest BCUT2D eigenvalue weighted by Gasteiger charge is 2.12. The summed E-state index contributed by atoms with van der Waals surface area (Å²) in [6.45, 7) is 3.39. The maximum Gasteiger partial charge on any atom is 0.0320 e. The minimum atomic E-state index is 0.589. The summed E-state index contributed by atoms with van der Waals surface area (Å²) in [4.78, 5) is 0. The van der Waals surface area contributed by atoms with Crippen LogP contribution >= 0.6 is 0 Å². The Morgan fingerprint density at radius 2 is 1.81 bits per heavy atom. The van der Waals surface area contributed by atoms with E-state index in [1.54, 1.807) is 0 Å². The number of hydrogen-bond donors (Lipinski definition) is 1. The van der Waals surface area contributed by atoms with Crippen LogP contribution in [0.2, 0.25) is 0 Å². The number of aryl methyl sites for hydroxylation is 1. The van der Waals surface area contributed by atoms with Crippen molar-refractivity contribution in [3.63, 3.8) is 0 Å². The summed E-state index contributed by atoms with van der Waals surface area (Å²) in [5.41, 5.74) is 2.91. The van der Waals surface area contributed by atoms with Gasteiger partial charge in [-0.1, -0.05) is 50.5 Å². The second kappa shape index (κ2) is 6.05. The molecule has 1 aliphatic rings. The van der Waals surface area contributed by atoms with E-state index in [-0.39, 0.29) is 0 Å². The summed E-state index contributed by atoms with van der Waals surface area (Å²) in [7, 11) is 0. The molecule has 1 aromatic carbocycles. The summed E-state index contributed by atoms with van der Waals surface area (Å²) in [5, 5.41) is 3.68. The second-order valence-electron chi connectivity index (χ2n) is 4.80. The van der Waals surface area contributed by atoms with E-state index in [0.29, 0.717) is 6.04 Å². The highest BCUT2D eigenvalue weighted by Crippen LogP contribution is 2.22. The van der Waals surface area contributed by atoms with Crippen LogP contribution in [0.15, 0.2) is 24.3 Å². The van der Waals surface area contributed by atoms with Gasteiger partial charge in [0.25, 0.3) is 0 Å². The van der Waals surface area contributed by atoms with Crippen LogP contribution in [-0.2, 0) is 6.42 Å². The van der Waals surface area contributed by atoms with Crippen LogP contribution < -0.4 is 5.32 Å². The molecule has 0 radical (unpaired) electrons. The van der Waals surface area contributed by atoms with Crippen molar-refractivity contribution in [1.29, 1.82) is 0 Å². The minimum absolute atomic E-state index is 0.589. The molecule has 1 atom stereocenters. The predicted molar refractivity (Wildman–Crippen MR) is 69.6 cm³/mol. The lowest BCUT2D eigenvalue weighted by Gasteiger charge is -2.22. The molecule has 2 rings (SSSR count). The van der Waals surface area contributed by atoms with E-state index in [0.717, 1.165) is 6.42 Å². The average molecular weight is 217 g/mol. The molecule has 1 N–H and O–H groups in total. The van der Waals surface area contributed by atoms with Gasteiger partial charge in [0.15, 0.2) is 0 Å². The van der Waals surface area contributed by atoms with Crippen molar-refractivity contribution in [1.82, 2.24) is 5.32 Å². The third kappa shape index (κ3) is 3.08. The third-order valence-electron chi connectivity index (χ3n) is 3.60. The molecule has 16 heavy (non-hydrogen) atoms. The number of rotatable bonds is 2. The van der Waals surface area contributed by atoms with E-state index >= 15 is 0 Å². The van der Waals surface area contributed by atoms with Gasteiger partial charge in [0.1, 0.15) is 0 Å². The van der Waals surface area contributed by atoms with E-state index in [2.05, 4.69) is 36.5 Å². The number of benzene rings is 1. The molecule has 88 valence electrons. The van der Waals surface area contributed by atoms with Crippen LogP contribution in [-0.4, -0.2) is 6.54 Å². The van der Waals surface area contributed by atoms with Gasteiger partial charge in [-0.3, -0.25) is 0 Å². The van der Waals surface area contributed by atoms with E-state index in [4.69, 9.17) is 0 Å². The van der Waals surface area contributed by atoms with Gasteiger partial charge in [-0.2, -0.15) is 0 Å². The molecule has 1 fully saturated rings. The Kier molecular flexibility index (Phi) is 4.41. The molecule has 0 bridgehead atoms. The molecular weight excluding hydrogens is 194 g/mol. The largest absolute Gasteiger partial charge is 0.310 e. The first-order valence-corrected chi connectivity index (χ1v) is 6.72. The van der Waals surface area contributed by atoms with Crippen molar-refractivity contribution in [2.45, 2.75) is 51.5 Å². The van der Waals surface area contributed by atoms with Gasteiger partial charge >= 0.3 is 0 Å². The van der Waals surface area contributed by atoms with E-state index < -0.39 is 0 Å². The minimum Gasteiger partial charge on any atom is -0.310 e. The van der Waals surface area contributed by atoms with E-state index in [1.165, 1.54) is 49.8 Å². The third-order valence-corrected chi connectivity index (χ3v) is 3.60. The first kappa shape index (κ1) is 11.7. The molecular formula is C15H23N. The molecule has 1 saturated heterocycles. The second-order valence-corrected chi connectivity index (χ2v) is 4.80. The Balaban J connectivity index is 2.02. The fourth-order valence-corrected chi connectivity index (χ4v) is 2.48. The van der Waals surface area contributed by atoms with Gasteiger partial charge in [-0.15, -0.1) is 0 Å². The van der Waals surface area contributed by atoms with Crippen molar-refractivity contribution >= 4 is 0 Å². The highest BCUT2D eigenvalue weighted by atomic mass is 14.9. The van der Waals surface area contributed by atoms with Crippen LogP contribution in [0.25, 0.3) is 0 Å². The van der Waals surface area contributed by atoms with Crippen LogP contribution in [0.3, 0.4) is 0 Å². The maximum absolute atomic E-state index is 3.68. The number of hydrogen-bond acceptors (Lipinski definition) is 1. The Hall–Kier alpha value is -0.820. The lowest BCUT2D eigenvalue weighted by Crippen LogP contribution is -2.24. The van der Waals surface area contributed by atoms with Gasteiger partial charge in [-0.05, 0) is 36.9 Å². The Bertz CT molecular complexity index is 294. The molecule has 0 saturated carbocycles. The average Bonchev–Trinajstić information content (AvgIpc) is 2.29. The zero-order chi connectivity index (χ0) is 11.2. The standard InChI is InChI=1S/C15H23N/c1-2-13-8-10-14(11-9-13)15-7-5-3-4-6-12-16-15/h8-11,15-16H,2-7,12H2,1H3. The molecule has 1 aromatic rings. The molecule has 1 aliphatic heterocycles. The molecule has 0 aromatic heterocycles. The van der Waals surface area contributed by atoms with Gasteiger partial charge in [-0.25, -0.2) is 0 Å². The zero-order valence-electron chi connectivity index (χ0n) is 10.3. The van der Waals surface area contributed by atoms with Gasteiger partial charge in [0.2, 0.25) is 0 Å². The van der Waals surface area contributed by atoms with Crippen LogP contribution in [0.4, 0.5) is 0 Å². The van der Waals surface area contributed by atoms with Crippen LogP contribution in [0, 0.1) is 0 Å². The summed E-state index contributed by atoms with van der Waals surface area (Å²) >= 11 is 0. The van der Waals surface area contributed by atoms with Crippen molar-refractivity contribution in [2.24, 2.45) is 0 Å². The van der Waals surface area contributed by atoms with Gasteiger partial charge < -0.3 is 5.32 Å². The molecule has 0 spiro atoms. The molecule has 0 aliphatic carbocycles. The SMILES string of the molecule is CCc1ccc(C2CCCCCCN2)cc1. The quantitative estimate of drug-likeness (QED) is 0.793. The fourth-order valence-electron chi connectivity index (χ4n) is 2.48. The van der Waals surface area contributed by atoms with Crippen LogP contribution in [0.5, 0.6) is 0 Å². The monoisotopic (exact) mass is 217 g/mol. The molecule has 1 heterocycles. The van der Waals surface area contributed by atoms with Crippen molar-refractivity contribution < 1.29 is 0 Å². The van der Waals surface area contributed by atoms with Crippen molar-refractivity contribution in [2.75, 3.05) is 6.54 Å². The maximum atomic E-state index is 3.68. The molecule has 1 nitrogen and oxygen atoms in total. The number of nitrogens with one attached hydrogen (secondary N) is 1. The van der Waals surface area contributed by atoms with Crippen molar-refractivity contribution in [3.8, 4) is 0 Å². The van der Waals surface area contributed by atoms with Crippen LogP contribution in [0.1, 0.15) is 56.2 Å². The normalized spacial score (nSPS) is 22.4. The first-order chi connectivity index (χ1) is 7.90. The summed E-state index contributed by atoms with van der Waals surface area (Å²) in [6.07, 6.45) is 7.94. The summed E-state index contributed by atoms with van der Waals surface area (Å²) in [5.74, 6) is 0. The van der Waals surface area contributed by atoms with Crippen molar-refractivity contribution in [3.05, 3.63) is 35.4 Å². The van der Waals surface area contributed by atoms with Gasteiger partial charge in [0, 0.05) is 6.04 Å². The lowest BCUT2D eigenvalue weighted by atomic mass is 9.97. The first-order valence-electron chi connectivity index (χ1n) is 6.72. The summed E-state index contributed by atoms with van der Waals surface area (Å²) < 4.78 is 0. The van der Waals surface area contributed by atoms with E-state index in [9.17, 15) is 0 Å². The predicted octanol–water partition coefficient (Wildman–Crippen LogP) is 3.84.